The number of carbonyl (C=O) groups excluding carboxylic acids is 1. The number of para-hydroxylation sites is 1. The topological polar surface area (TPSA) is 107 Å². The first-order valence-electron chi connectivity index (χ1n) is 12.2. The smallest absolute Gasteiger partial charge is 0.326 e. The van der Waals surface area contributed by atoms with Gasteiger partial charge in [-0.3, -0.25) is 19.5 Å². The molecule has 8 heteroatoms. The zero-order valence-electron chi connectivity index (χ0n) is 19.9. The van der Waals surface area contributed by atoms with Crippen molar-refractivity contribution in [1.82, 2.24) is 14.9 Å². The molecule has 3 aromatic carbocycles. The zero-order chi connectivity index (χ0) is 24.9. The van der Waals surface area contributed by atoms with Crippen molar-refractivity contribution in [2.75, 3.05) is 31.6 Å². The highest BCUT2D eigenvalue weighted by Gasteiger charge is 2.12. The number of fused-ring (bicyclic) bond motifs is 1. The fraction of sp³-hybridized carbons (Fsp3) is 0.250. The van der Waals surface area contributed by atoms with Crippen LogP contribution >= 0.6 is 0 Å². The fourth-order valence-electron chi connectivity index (χ4n) is 4.58. The van der Waals surface area contributed by atoms with Gasteiger partial charge in [0.25, 0.3) is 11.5 Å². The van der Waals surface area contributed by atoms with Crippen molar-refractivity contribution in [3.63, 3.8) is 0 Å². The normalized spacial score (nSPS) is 14.0. The molecule has 1 amide bonds. The second kappa shape index (κ2) is 10.6. The Morgan fingerprint density at radius 1 is 0.917 bits per heavy atom. The number of aromatic nitrogens is 2. The first kappa shape index (κ1) is 23.6. The molecule has 0 atom stereocenters. The average molecular weight is 485 g/mol. The minimum Gasteiger partial charge on any atom is -0.492 e. The van der Waals surface area contributed by atoms with Crippen molar-refractivity contribution in [3.05, 3.63) is 93.1 Å². The van der Waals surface area contributed by atoms with Crippen LogP contribution in [-0.4, -0.2) is 47.0 Å². The average Bonchev–Trinajstić information content (AvgIpc) is 2.89. The molecule has 36 heavy (non-hydrogen) atoms. The van der Waals surface area contributed by atoms with Gasteiger partial charge in [0.05, 0.1) is 10.9 Å². The number of nitrogens with one attached hydrogen (secondary N) is 3. The fourth-order valence-corrected chi connectivity index (χ4v) is 4.58. The number of anilines is 1. The number of likely N-dealkylation sites (tertiary alicyclic amines) is 1. The van der Waals surface area contributed by atoms with E-state index in [9.17, 15) is 14.4 Å². The number of hydrogen-bond acceptors (Lipinski definition) is 5. The van der Waals surface area contributed by atoms with E-state index in [-0.39, 0.29) is 5.91 Å². The van der Waals surface area contributed by atoms with E-state index in [2.05, 4.69) is 20.2 Å². The lowest BCUT2D eigenvalue weighted by Crippen LogP contribution is -2.33. The van der Waals surface area contributed by atoms with Gasteiger partial charge < -0.3 is 15.0 Å². The zero-order valence-corrected chi connectivity index (χ0v) is 19.9. The molecule has 0 saturated carbocycles. The second-order valence-corrected chi connectivity index (χ2v) is 8.95. The first-order chi connectivity index (χ1) is 17.6. The van der Waals surface area contributed by atoms with Crippen LogP contribution in [0.4, 0.5) is 5.69 Å². The predicted octanol–water partition coefficient (Wildman–Crippen LogP) is 4.00. The van der Waals surface area contributed by atoms with Gasteiger partial charge in [0.1, 0.15) is 12.4 Å². The van der Waals surface area contributed by atoms with E-state index in [1.54, 1.807) is 30.3 Å². The maximum Gasteiger partial charge on any atom is 0.326 e. The van der Waals surface area contributed by atoms with Crippen LogP contribution in [-0.2, 0) is 0 Å². The highest BCUT2D eigenvalue weighted by Crippen LogP contribution is 2.27. The minimum absolute atomic E-state index is 0.241. The third-order valence-corrected chi connectivity index (χ3v) is 6.45. The summed E-state index contributed by atoms with van der Waals surface area (Å²) in [5, 5.41) is 3.31. The lowest BCUT2D eigenvalue weighted by Gasteiger charge is -2.26. The van der Waals surface area contributed by atoms with Crippen LogP contribution in [0.5, 0.6) is 5.75 Å². The van der Waals surface area contributed by atoms with Crippen LogP contribution in [0.2, 0.25) is 0 Å². The summed E-state index contributed by atoms with van der Waals surface area (Å²) < 4.78 is 5.86. The molecule has 1 aromatic heterocycles. The number of benzene rings is 3. The summed E-state index contributed by atoms with van der Waals surface area (Å²) in [5.41, 5.74) is 2.01. The number of rotatable bonds is 7. The Bertz CT molecular complexity index is 1480. The molecule has 1 aliphatic rings. The molecule has 4 aromatic rings. The summed E-state index contributed by atoms with van der Waals surface area (Å²) in [6, 6.07) is 19.6. The molecule has 8 nitrogen and oxygen atoms in total. The van der Waals surface area contributed by atoms with Crippen molar-refractivity contribution in [3.8, 4) is 16.9 Å². The number of amides is 1. The first-order valence-corrected chi connectivity index (χ1v) is 12.2. The standard InChI is InChI=1S/C28H28N4O4/c33-26(19-10-12-22(13-11-19)36-17-16-32-14-2-1-3-15-32)29-21-7-4-6-20(18-21)23-8-5-9-24-25(23)30-28(35)31-27(24)34/h4-13,18H,1-3,14-17H2,(H,29,33)(H2,30,31,34,35). The highest BCUT2D eigenvalue weighted by atomic mass is 16.5. The highest BCUT2D eigenvalue weighted by molar-refractivity contribution is 6.05. The van der Waals surface area contributed by atoms with Gasteiger partial charge >= 0.3 is 5.69 Å². The molecular weight excluding hydrogens is 456 g/mol. The molecule has 1 saturated heterocycles. The summed E-state index contributed by atoms with van der Waals surface area (Å²) in [7, 11) is 0. The summed E-state index contributed by atoms with van der Waals surface area (Å²) in [4.78, 5) is 44.2. The number of carbonyl (C=O) groups is 1. The maximum absolute atomic E-state index is 12.8. The van der Waals surface area contributed by atoms with Gasteiger partial charge in [-0.1, -0.05) is 30.7 Å². The summed E-state index contributed by atoms with van der Waals surface area (Å²) >= 11 is 0. The Balaban J connectivity index is 1.26. The molecule has 0 bridgehead atoms. The Labute approximate surface area is 207 Å². The molecule has 184 valence electrons. The molecular formula is C28H28N4O4. The van der Waals surface area contributed by atoms with Crippen LogP contribution in [0.15, 0.2) is 76.3 Å². The van der Waals surface area contributed by atoms with E-state index < -0.39 is 11.2 Å². The Kier molecular flexibility index (Phi) is 6.95. The third-order valence-electron chi connectivity index (χ3n) is 6.45. The molecule has 3 N–H and O–H groups in total. The van der Waals surface area contributed by atoms with Gasteiger partial charge in [-0.15, -0.1) is 0 Å². The van der Waals surface area contributed by atoms with Gasteiger partial charge in [-0.2, -0.15) is 0 Å². The second-order valence-electron chi connectivity index (χ2n) is 8.95. The number of ether oxygens (including phenoxy) is 1. The van der Waals surface area contributed by atoms with Crippen molar-refractivity contribution in [1.29, 1.82) is 0 Å². The summed E-state index contributed by atoms with van der Waals surface area (Å²) in [6.07, 6.45) is 3.83. The number of nitrogens with zero attached hydrogens (tertiary/aromatic N) is 1. The minimum atomic E-state index is -0.566. The van der Waals surface area contributed by atoms with Crippen LogP contribution in [0.1, 0.15) is 29.6 Å². The van der Waals surface area contributed by atoms with Crippen LogP contribution < -0.4 is 21.3 Å². The lowest BCUT2D eigenvalue weighted by molar-refractivity contribution is 0.102. The SMILES string of the molecule is O=C(Nc1cccc(-c2cccc3c(=O)[nH]c(=O)[nH]c23)c1)c1ccc(OCCN2CCCCC2)cc1. The molecule has 1 aliphatic heterocycles. The largest absolute Gasteiger partial charge is 0.492 e. The van der Waals surface area contributed by atoms with Gasteiger partial charge in [-0.25, -0.2) is 4.79 Å². The molecule has 0 unspecified atom stereocenters. The van der Waals surface area contributed by atoms with E-state index in [0.717, 1.165) is 30.9 Å². The molecule has 0 spiro atoms. The van der Waals surface area contributed by atoms with E-state index in [0.29, 0.717) is 34.3 Å². The quantitative estimate of drug-likeness (QED) is 0.368. The van der Waals surface area contributed by atoms with E-state index >= 15 is 0 Å². The lowest BCUT2D eigenvalue weighted by atomic mass is 10.0. The van der Waals surface area contributed by atoms with Gasteiger partial charge in [0, 0.05) is 23.4 Å². The van der Waals surface area contributed by atoms with Crippen molar-refractivity contribution >= 4 is 22.5 Å². The van der Waals surface area contributed by atoms with Crippen LogP contribution in [0, 0.1) is 0 Å². The van der Waals surface area contributed by atoms with Gasteiger partial charge in [0.2, 0.25) is 0 Å². The molecule has 0 radical (unpaired) electrons. The van der Waals surface area contributed by atoms with Crippen molar-refractivity contribution in [2.45, 2.75) is 19.3 Å². The number of hydrogen-bond donors (Lipinski definition) is 3. The number of piperidine rings is 1. The third kappa shape index (κ3) is 5.39. The van der Waals surface area contributed by atoms with E-state index in [4.69, 9.17) is 4.74 Å². The van der Waals surface area contributed by atoms with Crippen molar-refractivity contribution in [2.24, 2.45) is 0 Å². The summed E-state index contributed by atoms with van der Waals surface area (Å²) in [6.45, 7) is 3.82. The predicted molar refractivity (Wildman–Crippen MR) is 141 cm³/mol. The maximum atomic E-state index is 12.8. The van der Waals surface area contributed by atoms with E-state index in [1.165, 1.54) is 19.3 Å². The van der Waals surface area contributed by atoms with Gasteiger partial charge in [0.15, 0.2) is 0 Å². The van der Waals surface area contributed by atoms with E-state index in [1.807, 2.05) is 36.4 Å². The van der Waals surface area contributed by atoms with Crippen LogP contribution in [0.3, 0.4) is 0 Å². The molecule has 5 rings (SSSR count). The molecule has 2 heterocycles. The molecule has 1 fully saturated rings. The van der Waals surface area contributed by atoms with Gasteiger partial charge in [-0.05, 0) is 74.0 Å². The monoisotopic (exact) mass is 484 g/mol. The van der Waals surface area contributed by atoms with Crippen molar-refractivity contribution < 1.29 is 9.53 Å². The Morgan fingerprint density at radius 2 is 1.69 bits per heavy atom. The molecule has 0 aliphatic carbocycles. The van der Waals surface area contributed by atoms with Crippen LogP contribution in [0.25, 0.3) is 22.0 Å². The Hall–Kier alpha value is -4.17. The number of aromatic amines is 2. The Morgan fingerprint density at radius 3 is 2.50 bits per heavy atom. The summed E-state index contributed by atoms with van der Waals surface area (Å²) in [5.74, 6) is 0.500. The number of H-pyrrole nitrogens is 2.